The number of aryl methyl sites for hydroxylation is 1. The molecule has 3 heterocycles. The summed E-state index contributed by atoms with van der Waals surface area (Å²) < 4.78 is 6.71. The number of hydrogen-bond donors (Lipinski definition) is 1. The van der Waals surface area contributed by atoms with E-state index in [0.717, 1.165) is 19.5 Å². The molecule has 2 aromatic heterocycles. The van der Waals surface area contributed by atoms with Gasteiger partial charge in [0.05, 0.1) is 18.8 Å². The molecule has 0 atom stereocenters. The van der Waals surface area contributed by atoms with Crippen molar-refractivity contribution in [1.29, 1.82) is 0 Å². The first-order chi connectivity index (χ1) is 9.65. The molecular weight excluding hydrogens is 264 g/mol. The molecule has 9 nitrogen and oxygen atoms in total. The molecule has 0 spiro atoms. The van der Waals surface area contributed by atoms with E-state index < -0.39 is 5.97 Å². The van der Waals surface area contributed by atoms with Gasteiger partial charge in [0.25, 0.3) is 0 Å². The van der Waals surface area contributed by atoms with Crippen LogP contribution in [0.5, 0.6) is 0 Å². The molecule has 3 rings (SSSR count). The van der Waals surface area contributed by atoms with Gasteiger partial charge in [0.1, 0.15) is 0 Å². The first-order valence-corrected chi connectivity index (χ1v) is 6.34. The fraction of sp³-hybridized carbons (Fsp3) is 0.545. The highest BCUT2D eigenvalue weighted by atomic mass is 16.5. The number of carboxylic acids is 1. The van der Waals surface area contributed by atoms with Crippen LogP contribution in [-0.2, 0) is 13.0 Å². The minimum Gasteiger partial charge on any atom is -0.476 e. The van der Waals surface area contributed by atoms with Crippen molar-refractivity contribution in [3.63, 3.8) is 0 Å². The number of aromatic carboxylic acids is 1. The summed E-state index contributed by atoms with van der Waals surface area (Å²) in [6, 6.07) is 0.143. The average Bonchev–Trinajstić information content (AvgIpc) is 3.02. The van der Waals surface area contributed by atoms with E-state index in [4.69, 9.17) is 9.63 Å². The minimum atomic E-state index is -1.06. The van der Waals surface area contributed by atoms with Crippen molar-refractivity contribution >= 4 is 5.97 Å². The van der Waals surface area contributed by atoms with E-state index in [9.17, 15) is 4.79 Å². The molecule has 0 aromatic carbocycles. The predicted octanol–water partition coefficient (Wildman–Crippen LogP) is -0.0214. The summed E-state index contributed by atoms with van der Waals surface area (Å²) in [4.78, 5) is 17.1. The molecule has 9 heteroatoms. The van der Waals surface area contributed by atoms with Gasteiger partial charge in [0.2, 0.25) is 5.89 Å². The standard InChI is InChI=1S/C11H14N6O3/c1-2-9-12-10(20-14-9)6-16-3-7(4-16)17-5-8(11(18)19)13-15-17/h5,7H,2-4,6H2,1H3,(H,18,19). The van der Waals surface area contributed by atoms with Crippen molar-refractivity contribution in [3.8, 4) is 0 Å². The van der Waals surface area contributed by atoms with Crippen molar-refractivity contribution in [2.45, 2.75) is 25.9 Å². The Hall–Kier alpha value is -2.29. The van der Waals surface area contributed by atoms with Gasteiger partial charge in [-0.25, -0.2) is 9.48 Å². The topological polar surface area (TPSA) is 110 Å². The lowest BCUT2D eigenvalue weighted by Gasteiger charge is -2.37. The van der Waals surface area contributed by atoms with E-state index in [2.05, 4.69) is 25.4 Å². The summed E-state index contributed by atoms with van der Waals surface area (Å²) in [6.45, 7) is 4.08. The molecule has 2 aromatic rings. The molecule has 0 unspecified atom stereocenters. The Balaban J connectivity index is 1.54. The average molecular weight is 278 g/mol. The Bertz CT molecular complexity index is 615. The Kier molecular flexibility index (Phi) is 3.18. The van der Waals surface area contributed by atoms with Crippen LogP contribution in [0.2, 0.25) is 0 Å². The van der Waals surface area contributed by atoms with E-state index >= 15 is 0 Å². The molecule has 1 saturated heterocycles. The Morgan fingerprint density at radius 3 is 2.95 bits per heavy atom. The van der Waals surface area contributed by atoms with Gasteiger partial charge in [-0.05, 0) is 0 Å². The van der Waals surface area contributed by atoms with E-state index in [1.54, 1.807) is 4.68 Å². The largest absolute Gasteiger partial charge is 0.476 e. The smallest absolute Gasteiger partial charge is 0.358 e. The van der Waals surface area contributed by atoms with E-state index in [1.807, 2.05) is 6.92 Å². The number of rotatable bonds is 5. The van der Waals surface area contributed by atoms with Crippen molar-refractivity contribution in [2.24, 2.45) is 0 Å². The van der Waals surface area contributed by atoms with Crippen LogP contribution in [0.3, 0.4) is 0 Å². The molecule has 0 aliphatic carbocycles. The molecule has 1 aliphatic rings. The van der Waals surface area contributed by atoms with Gasteiger partial charge in [-0.15, -0.1) is 5.10 Å². The van der Waals surface area contributed by atoms with E-state index in [1.165, 1.54) is 6.20 Å². The van der Waals surface area contributed by atoms with Crippen LogP contribution in [0.15, 0.2) is 10.7 Å². The second kappa shape index (κ2) is 5.00. The minimum absolute atomic E-state index is 0.0343. The van der Waals surface area contributed by atoms with Crippen LogP contribution in [0, 0.1) is 0 Å². The quantitative estimate of drug-likeness (QED) is 0.812. The van der Waals surface area contributed by atoms with Crippen LogP contribution in [-0.4, -0.2) is 54.2 Å². The van der Waals surface area contributed by atoms with Gasteiger partial charge < -0.3 is 9.63 Å². The van der Waals surface area contributed by atoms with Crippen molar-refractivity contribution in [3.05, 3.63) is 23.6 Å². The second-order valence-electron chi connectivity index (χ2n) is 4.69. The number of aromatic nitrogens is 5. The van der Waals surface area contributed by atoms with Crippen molar-refractivity contribution < 1.29 is 14.4 Å². The highest BCUT2D eigenvalue weighted by molar-refractivity contribution is 5.84. The van der Waals surface area contributed by atoms with Crippen molar-refractivity contribution in [2.75, 3.05) is 13.1 Å². The fourth-order valence-electron chi connectivity index (χ4n) is 2.08. The van der Waals surface area contributed by atoms with Gasteiger partial charge >= 0.3 is 5.97 Å². The maximum atomic E-state index is 10.7. The zero-order valence-corrected chi connectivity index (χ0v) is 10.9. The van der Waals surface area contributed by atoms with E-state index in [-0.39, 0.29) is 11.7 Å². The van der Waals surface area contributed by atoms with Gasteiger partial charge in [-0.2, -0.15) is 4.98 Å². The summed E-state index contributed by atoms with van der Waals surface area (Å²) >= 11 is 0. The van der Waals surface area contributed by atoms with Crippen LogP contribution in [0.25, 0.3) is 0 Å². The SMILES string of the molecule is CCc1noc(CN2CC(n3cc(C(=O)O)nn3)C2)n1. The molecule has 1 fully saturated rings. The van der Waals surface area contributed by atoms with Crippen LogP contribution in [0.4, 0.5) is 0 Å². The normalized spacial score (nSPS) is 16.2. The first kappa shape index (κ1) is 12.7. The summed E-state index contributed by atoms with van der Waals surface area (Å²) in [7, 11) is 0. The highest BCUT2D eigenvalue weighted by Crippen LogP contribution is 2.22. The molecule has 0 amide bonds. The summed E-state index contributed by atoms with van der Waals surface area (Å²) in [6.07, 6.45) is 2.20. The third-order valence-corrected chi connectivity index (χ3v) is 3.23. The summed E-state index contributed by atoms with van der Waals surface area (Å²) in [5, 5.41) is 20.1. The third kappa shape index (κ3) is 2.39. The lowest BCUT2D eigenvalue weighted by Crippen LogP contribution is -2.47. The van der Waals surface area contributed by atoms with Crippen LogP contribution >= 0.6 is 0 Å². The Labute approximate surface area is 114 Å². The number of carboxylic acid groups (broad SMARTS) is 1. The molecule has 1 aliphatic heterocycles. The maximum absolute atomic E-state index is 10.7. The molecular formula is C11H14N6O3. The third-order valence-electron chi connectivity index (χ3n) is 3.23. The molecule has 1 N–H and O–H groups in total. The molecule has 20 heavy (non-hydrogen) atoms. The maximum Gasteiger partial charge on any atom is 0.358 e. The lowest BCUT2D eigenvalue weighted by molar-refractivity contribution is 0.0689. The molecule has 0 radical (unpaired) electrons. The first-order valence-electron chi connectivity index (χ1n) is 6.34. The fourth-order valence-corrected chi connectivity index (χ4v) is 2.08. The number of likely N-dealkylation sites (tertiary alicyclic amines) is 1. The van der Waals surface area contributed by atoms with Crippen molar-refractivity contribution in [1.82, 2.24) is 30.0 Å². The zero-order chi connectivity index (χ0) is 14.1. The molecule has 106 valence electrons. The number of nitrogens with zero attached hydrogens (tertiary/aromatic N) is 6. The van der Waals surface area contributed by atoms with Crippen LogP contribution in [0.1, 0.15) is 35.2 Å². The highest BCUT2D eigenvalue weighted by Gasteiger charge is 2.30. The molecule has 0 bridgehead atoms. The summed E-state index contributed by atoms with van der Waals surface area (Å²) in [5.74, 6) is 0.245. The monoisotopic (exact) mass is 278 g/mol. The van der Waals surface area contributed by atoms with Gasteiger partial charge in [-0.3, -0.25) is 4.90 Å². The number of carbonyl (C=O) groups is 1. The Morgan fingerprint density at radius 1 is 1.55 bits per heavy atom. The van der Waals surface area contributed by atoms with E-state index in [0.29, 0.717) is 18.3 Å². The second-order valence-corrected chi connectivity index (χ2v) is 4.69. The molecule has 0 saturated carbocycles. The van der Waals surface area contributed by atoms with Crippen LogP contribution < -0.4 is 0 Å². The Morgan fingerprint density at radius 2 is 2.35 bits per heavy atom. The lowest BCUT2D eigenvalue weighted by atomic mass is 10.1. The van der Waals surface area contributed by atoms with Gasteiger partial charge in [-0.1, -0.05) is 17.3 Å². The zero-order valence-electron chi connectivity index (χ0n) is 10.9. The summed E-state index contributed by atoms with van der Waals surface area (Å²) in [5.41, 5.74) is -0.0343. The number of hydrogen-bond acceptors (Lipinski definition) is 7. The van der Waals surface area contributed by atoms with Gasteiger partial charge in [0, 0.05) is 19.5 Å². The van der Waals surface area contributed by atoms with Gasteiger partial charge in [0.15, 0.2) is 11.5 Å². The predicted molar refractivity (Wildman–Crippen MR) is 65.0 cm³/mol.